The summed E-state index contributed by atoms with van der Waals surface area (Å²) in [6.07, 6.45) is 3.82. The van der Waals surface area contributed by atoms with Crippen LogP contribution in [0.1, 0.15) is 11.1 Å². The summed E-state index contributed by atoms with van der Waals surface area (Å²) in [4.78, 5) is 2.40. The fourth-order valence-corrected chi connectivity index (χ4v) is 2.12. The zero-order valence-electron chi connectivity index (χ0n) is 12.3. The lowest BCUT2D eigenvalue weighted by atomic mass is 10.1. The minimum Gasteiger partial charge on any atom is -0.383 e. The largest absolute Gasteiger partial charge is 0.383 e. The molecule has 0 amide bonds. The topological polar surface area (TPSA) is 30.3 Å². The third-order valence-corrected chi connectivity index (χ3v) is 3.34. The Labute approximate surface area is 121 Å². The molecule has 0 N–H and O–H groups in total. The Hall–Kier alpha value is -1.65. The van der Waals surface area contributed by atoms with Crippen molar-refractivity contribution in [2.45, 2.75) is 20.0 Å². The van der Waals surface area contributed by atoms with E-state index in [-0.39, 0.29) is 0 Å². The van der Waals surface area contributed by atoms with Gasteiger partial charge in [-0.15, -0.1) is 0 Å². The van der Waals surface area contributed by atoms with Gasteiger partial charge in [0.1, 0.15) is 0 Å². The van der Waals surface area contributed by atoms with Gasteiger partial charge in [0.15, 0.2) is 0 Å². The van der Waals surface area contributed by atoms with Crippen LogP contribution in [0.15, 0.2) is 42.7 Å². The van der Waals surface area contributed by atoms with E-state index in [9.17, 15) is 0 Å². The highest BCUT2D eigenvalue weighted by atomic mass is 16.5. The number of aromatic nitrogens is 2. The highest BCUT2D eigenvalue weighted by Crippen LogP contribution is 2.07. The lowest BCUT2D eigenvalue weighted by Gasteiger charge is -2.22. The first-order valence-electron chi connectivity index (χ1n) is 7.02. The quantitative estimate of drug-likeness (QED) is 0.739. The SMILES string of the molecule is COCCN(CCn1cccn1)Cc1ccc(C)cc1. The number of methoxy groups -OCH3 is 1. The van der Waals surface area contributed by atoms with Gasteiger partial charge in [0.25, 0.3) is 0 Å². The van der Waals surface area contributed by atoms with Crippen LogP contribution in [-0.2, 0) is 17.8 Å². The van der Waals surface area contributed by atoms with Crippen LogP contribution >= 0.6 is 0 Å². The van der Waals surface area contributed by atoms with E-state index in [0.717, 1.165) is 32.8 Å². The minimum absolute atomic E-state index is 0.755. The van der Waals surface area contributed by atoms with Crippen molar-refractivity contribution in [3.05, 3.63) is 53.9 Å². The van der Waals surface area contributed by atoms with Gasteiger partial charge >= 0.3 is 0 Å². The molecule has 0 radical (unpaired) electrons. The Morgan fingerprint density at radius 2 is 2.00 bits per heavy atom. The van der Waals surface area contributed by atoms with Gasteiger partial charge in [0.05, 0.1) is 13.2 Å². The van der Waals surface area contributed by atoms with Gasteiger partial charge < -0.3 is 4.74 Å². The molecule has 0 aliphatic heterocycles. The zero-order chi connectivity index (χ0) is 14.2. The van der Waals surface area contributed by atoms with E-state index in [0.29, 0.717) is 0 Å². The summed E-state index contributed by atoms with van der Waals surface area (Å²) >= 11 is 0. The van der Waals surface area contributed by atoms with E-state index in [1.165, 1.54) is 11.1 Å². The first-order valence-corrected chi connectivity index (χ1v) is 7.02. The maximum Gasteiger partial charge on any atom is 0.0589 e. The van der Waals surface area contributed by atoms with Crippen LogP contribution in [-0.4, -0.2) is 41.5 Å². The molecule has 4 nitrogen and oxygen atoms in total. The molecule has 0 bridgehead atoms. The third kappa shape index (κ3) is 4.79. The van der Waals surface area contributed by atoms with Gasteiger partial charge in [-0.25, -0.2) is 0 Å². The first-order chi connectivity index (χ1) is 9.78. The summed E-state index contributed by atoms with van der Waals surface area (Å²) in [5.74, 6) is 0. The van der Waals surface area contributed by atoms with Gasteiger partial charge in [-0.3, -0.25) is 9.58 Å². The van der Waals surface area contributed by atoms with Crippen molar-refractivity contribution in [2.24, 2.45) is 0 Å². The number of rotatable bonds is 8. The fraction of sp³-hybridized carbons (Fsp3) is 0.438. The van der Waals surface area contributed by atoms with Crippen molar-refractivity contribution in [1.29, 1.82) is 0 Å². The zero-order valence-corrected chi connectivity index (χ0v) is 12.3. The van der Waals surface area contributed by atoms with Gasteiger partial charge in [0.2, 0.25) is 0 Å². The molecule has 1 aromatic carbocycles. The van der Waals surface area contributed by atoms with Crippen molar-refractivity contribution >= 4 is 0 Å². The minimum atomic E-state index is 0.755. The molecule has 0 aliphatic carbocycles. The second kappa shape index (κ2) is 7.82. The number of hydrogen-bond donors (Lipinski definition) is 0. The molecule has 0 spiro atoms. The van der Waals surface area contributed by atoms with E-state index in [2.05, 4.69) is 41.2 Å². The smallest absolute Gasteiger partial charge is 0.0589 e. The van der Waals surface area contributed by atoms with Gasteiger partial charge in [-0.05, 0) is 18.6 Å². The molecule has 1 aromatic heterocycles. The standard InChI is InChI=1S/C16H23N3O/c1-15-4-6-16(7-5-15)14-18(12-13-20-2)10-11-19-9-3-8-17-19/h3-9H,10-14H2,1-2H3. The first kappa shape index (κ1) is 14.8. The van der Waals surface area contributed by atoms with E-state index in [1.54, 1.807) is 7.11 Å². The van der Waals surface area contributed by atoms with Gasteiger partial charge in [-0.1, -0.05) is 29.8 Å². The maximum absolute atomic E-state index is 5.20. The number of hydrogen-bond acceptors (Lipinski definition) is 3. The highest BCUT2D eigenvalue weighted by Gasteiger charge is 2.06. The lowest BCUT2D eigenvalue weighted by Crippen LogP contribution is -2.30. The summed E-state index contributed by atoms with van der Waals surface area (Å²) in [7, 11) is 1.75. The van der Waals surface area contributed by atoms with Crippen LogP contribution in [0.2, 0.25) is 0 Å². The van der Waals surface area contributed by atoms with E-state index in [1.807, 2.05) is 23.1 Å². The molecule has 0 saturated carbocycles. The second-order valence-electron chi connectivity index (χ2n) is 5.02. The van der Waals surface area contributed by atoms with E-state index in [4.69, 9.17) is 4.74 Å². The van der Waals surface area contributed by atoms with Gasteiger partial charge in [0, 0.05) is 39.1 Å². The predicted molar refractivity (Wildman–Crippen MR) is 80.6 cm³/mol. The molecular weight excluding hydrogens is 250 g/mol. The molecule has 2 aromatic rings. The van der Waals surface area contributed by atoms with Crippen LogP contribution in [0.5, 0.6) is 0 Å². The number of benzene rings is 1. The average molecular weight is 273 g/mol. The number of aryl methyl sites for hydroxylation is 1. The summed E-state index contributed by atoms with van der Waals surface area (Å²) in [5.41, 5.74) is 2.64. The van der Waals surface area contributed by atoms with E-state index < -0.39 is 0 Å². The molecule has 1 heterocycles. The Morgan fingerprint density at radius 3 is 2.65 bits per heavy atom. The van der Waals surface area contributed by atoms with Crippen LogP contribution in [0.3, 0.4) is 0 Å². The van der Waals surface area contributed by atoms with Crippen molar-refractivity contribution in [2.75, 3.05) is 26.8 Å². The molecule has 0 aliphatic rings. The summed E-state index contributed by atoms with van der Waals surface area (Å²) in [6, 6.07) is 10.7. The number of nitrogens with zero attached hydrogens (tertiary/aromatic N) is 3. The average Bonchev–Trinajstić information content (AvgIpc) is 2.97. The molecule has 108 valence electrons. The summed E-state index contributed by atoms with van der Waals surface area (Å²) in [5, 5.41) is 4.25. The molecular formula is C16H23N3O. The Balaban J connectivity index is 1.90. The molecule has 0 saturated heterocycles. The predicted octanol–water partition coefficient (Wildman–Crippen LogP) is 2.34. The Morgan fingerprint density at radius 1 is 1.20 bits per heavy atom. The second-order valence-corrected chi connectivity index (χ2v) is 5.02. The highest BCUT2D eigenvalue weighted by molar-refractivity contribution is 5.21. The molecule has 4 heteroatoms. The molecule has 0 unspecified atom stereocenters. The lowest BCUT2D eigenvalue weighted by molar-refractivity contribution is 0.140. The molecule has 20 heavy (non-hydrogen) atoms. The molecule has 0 fully saturated rings. The van der Waals surface area contributed by atoms with Crippen molar-refractivity contribution < 1.29 is 4.74 Å². The van der Waals surface area contributed by atoms with Crippen LogP contribution in [0, 0.1) is 6.92 Å². The fourth-order valence-electron chi connectivity index (χ4n) is 2.12. The number of ether oxygens (including phenoxy) is 1. The Bertz CT molecular complexity index is 479. The van der Waals surface area contributed by atoms with Crippen LogP contribution in [0.4, 0.5) is 0 Å². The van der Waals surface area contributed by atoms with Crippen molar-refractivity contribution in [3.63, 3.8) is 0 Å². The molecule has 0 atom stereocenters. The Kier molecular flexibility index (Phi) is 5.77. The van der Waals surface area contributed by atoms with Crippen LogP contribution in [0.25, 0.3) is 0 Å². The van der Waals surface area contributed by atoms with E-state index >= 15 is 0 Å². The summed E-state index contributed by atoms with van der Waals surface area (Å²) < 4.78 is 7.17. The monoisotopic (exact) mass is 273 g/mol. The van der Waals surface area contributed by atoms with Gasteiger partial charge in [-0.2, -0.15) is 5.10 Å². The van der Waals surface area contributed by atoms with Crippen LogP contribution < -0.4 is 0 Å². The normalized spacial score (nSPS) is 11.2. The van der Waals surface area contributed by atoms with Crippen molar-refractivity contribution in [1.82, 2.24) is 14.7 Å². The third-order valence-electron chi connectivity index (χ3n) is 3.34. The molecule has 2 rings (SSSR count). The van der Waals surface area contributed by atoms with Crippen molar-refractivity contribution in [3.8, 4) is 0 Å². The maximum atomic E-state index is 5.20. The summed E-state index contributed by atoms with van der Waals surface area (Å²) in [6.45, 7) is 6.63.